The van der Waals surface area contributed by atoms with E-state index >= 15 is 4.79 Å². The average Bonchev–Trinajstić information content (AvgIpc) is 0.669. The molecule has 31 nitrogen and oxygen atoms in total. The third kappa shape index (κ3) is 12.3. The lowest BCUT2D eigenvalue weighted by molar-refractivity contribution is -0.386. The van der Waals surface area contributed by atoms with Crippen molar-refractivity contribution in [3.05, 3.63) is 11.6 Å². The molecule has 5 aliphatic carbocycles. The minimum absolute atomic E-state index is 0.0866. The van der Waals surface area contributed by atoms with Crippen molar-refractivity contribution >= 4 is 5.97 Å². The Bertz CT molecular complexity index is 2660. The minimum Gasteiger partial charge on any atom is -0.432 e. The van der Waals surface area contributed by atoms with E-state index in [1.807, 2.05) is 6.92 Å². The first kappa shape index (κ1) is 73.3. The van der Waals surface area contributed by atoms with Gasteiger partial charge in [-0.2, -0.15) is 0 Å². The van der Waals surface area contributed by atoms with Gasteiger partial charge in [0.2, 0.25) is 6.29 Å². The molecule has 0 unspecified atom stereocenters. The molecule has 6 saturated heterocycles. The second kappa shape index (κ2) is 27.1. The summed E-state index contributed by atoms with van der Waals surface area (Å²) in [5.74, 6) is -2.01. The van der Waals surface area contributed by atoms with Gasteiger partial charge in [0.1, 0.15) is 110 Å². The summed E-state index contributed by atoms with van der Waals surface area (Å²) in [6.45, 7) is 12.3. The van der Waals surface area contributed by atoms with Gasteiger partial charge >= 0.3 is 5.97 Å². The molecule has 11 aliphatic rings. The van der Waals surface area contributed by atoms with Crippen LogP contribution in [0.5, 0.6) is 0 Å². The zero-order chi connectivity index (χ0) is 68.6. The van der Waals surface area contributed by atoms with Crippen LogP contribution in [0.2, 0.25) is 0 Å². The smallest absolute Gasteiger partial charge is 0.315 e. The van der Waals surface area contributed by atoms with Gasteiger partial charge < -0.3 is 149 Å². The van der Waals surface area contributed by atoms with Crippen LogP contribution in [0, 0.1) is 50.2 Å². The highest BCUT2D eigenvalue weighted by Gasteiger charge is 2.74. The number of allylic oxidation sites excluding steroid dienone is 2. The molecule has 11 rings (SSSR count). The second-order valence-corrected chi connectivity index (χ2v) is 30.7. The Labute approximate surface area is 543 Å². The number of carbonyl (C=O) groups excluding carboxylic acids is 1. The third-order valence-electron chi connectivity index (χ3n) is 24.4. The fourth-order valence-electron chi connectivity index (χ4n) is 18.8. The molecular formula is C63H102O31. The van der Waals surface area contributed by atoms with Crippen LogP contribution in [-0.4, -0.2) is 315 Å². The zero-order valence-electron chi connectivity index (χ0n) is 54.2. The number of ether oxygens (including phenoxy) is 12. The van der Waals surface area contributed by atoms with Gasteiger partial charge in [0, 0.05) is 11.3 Å². The number of aliphatic hydroxyl groups is 18. The topological polar surface area (TPSA) is 492 Å². The zero-order valence-corrected chi connectivity index (χ0v) is 54.2. The molecule has 6 aliphatic heterocycles. The van der Waals surface area contributed by atoms with Gasteiger partial charge in [-0.15, -0.1) is 0 Å². The first-order valence-electron chi connectivity index (χ1n) is 33.1. The first-order chi connectivity index (χ1) is 44.0. The Morgan fingerprint density at radius 1 is 0.500 bits per heavy atom. The number of hydrogen-bond donors (Lipinski definition) is 18. The lowest BCUT2D eigenvalue weighted by atomic mass is 9.33. The summed E-state index contributed by atoms with van der Waals surface area (Å²) in [6.07, 6.45) is -43.4. The quantitative estimate of drug-likeness (QED) is 0.0438. The monoisotopic (exact) mass is 1350 g/mol. The lowest BCUT2D eigenvalue weighted by Crippen LogP contribution is -2.72. The van der Waals surface area contributed by atoms with Crippen LogP contribution in [-0.2, 0) is 61.6 Å². The van der Waals surface area contributed by atoms with Crippen molar-refractivity contribution in [3.63, 3.8) is 0 Å². The normalized spacial score (nSPS) is 56.1. The van der Waals surface area contributed by atoms with E-state index in [1.165, 1.54) is 13.8 Å². The number of aliphatic hydroxyl groups excluding tert-OH is 18. The summed E-state index contributed by atoms with van der Waals surface area (Å²) >= 11 is 0. The van der Waals surface area contributed by atoms with Gasteiger partial charge in [0.15, 0.2) is 37.6 Å². The highest BCUT2D eigenvalue weighted by molar-refractivity contribution is 5.79. The molecule has 31 heteroatoms. The van der Waals surface area contributed by atoms with Crippen LogP contribution in [0.3, 0.4) is 0 Å². The summed E-state index contributed by atoms with van der Waals surface area (Å²) in [5, 5.41) is 199. The predicted molar refractivity (Wildman–Crippen MR) is 311 cm³/mol. The van der Waals surface area contributed by atoms with Crippen molar-refractivity contribution in [2.24, 2.45) is 50.2 Å². The number of fused-ring (bicyclic) bond motifs is 7. The average molecular weight is 1360 g/mol. The Morgan fingerprint density at radius 3 is 1.71 bits per heavy atom. The van der Waals surface area contributed by atoms with Crippen LogP contribution < -0.4 is 0 Å². The van der Waals surface area contributed by atoms with Crippen LogP contribution in [0.1, 0.15) is 107 Å². The number of hydrogen-bond acceptors (Lipinski definition) is 31. The predicted octanol–water partition coefficient (Wildman–Crippen LogP) is -5.50. The van der Waals surface area contributed by atoms with E-state index in [4.69, 9.17) is 56.8 Å². The fraction of sp³-hybridized carbons (Fsp3) is 0.952. The molecule has 0 aromatic carbocycles. The van der Waals surface area contributed by atoms with Gasteiger partial charge in [-0.25, -0.2) is 0 Å². The van der Waals surface area contributed by atoms with E-state index < -0.39 is 262 Å². The minimum atomic E-state index is -2.03. The van der Waals surface area contributed by atoms with Gasteiger partial charge in [-0.05, 0) is 98.7 Å². The first-order valence-corrected chi connectivity index (χ1v) is 33.1. The van der Waals surface area contributed by atoms with Crippen LogP contribution in [0.4, 0.5) is 0 Å². The van der Waals surface area contributed by atoms with Gasteiger partial charge in [0.05, 0.1) is 69.0 Å². The molecule has 0 aromatic heterocycles. The van der Waals surface area contributed by atoms with Crippen LogP contribution in [0.25, 0.3) is 0 Å². The fourth-order valence-corrected chi connectivity index (χ4v) is 18.8. The Balaban J connectivity index is 0.794. The summed E-state index contributed by atoms with van der Waals surface area (Å²) in [6, 6.07) is 0. The van der Waals surface area contributed by atoms with Gasteiger partial charge in [0.25, 0.3) is 0 Å². The molecule has 94 heavy (non-hydrogen) atoms. The van der Waals surface area contributed by atoms with E-state index in [1.54, 1.807) is 6.92 Å². The molecule has 0 bridgehead atoms. The maximum absolute atomic E-state index is 15.5. The lowest BCUT2D eigenvalue weighted by Gasteiger charge is -2.72. The molecular weight excluding hydrogens is 1250 g/mol. The maximum Gasteiger partial charge on any atom is 0.315 e. The Kier molecular flexibility index (Phi) is 21.1. The molecule has 6 heterocycles. The number of carbonyl (C=O) groups is 1. The van der Waals surface area contributed by atoms with E-state index in [2.05, 4.69) is 33.8 Å². The summed E-state index contributed by atoms with van der Waals surface area (Å²) < 4.78 is 71.5. The van der Waals surface area contributed by atoms with Crippen molar-refractivity contribution in [1.82, 2.24) is 0 Å². The summed E-state index contributed by atoms with van der Waals surface area (Å²) in [5.41, 5.74) is -4.02. The van der Waals surface area contributed by atoms with E-state index in [9.17, 15) is 91.9 Å². The van der Waals surface area contributed by atoms with Crippen molar-refractivity contribution in [2.75, 3.05) is 33.0 Å². The highest BCUT2D eigenvalue weighted by Crippen LogP contribution is 2.76. The molecule has 0 spiro atoms. The standard InChI is InChI=1S/C63H102O31/c1-23-34(70)38(74)42(78)53(86-23)91-47-32(89-51-41(77)35(71)29(68)19-83-51)21-85-52(45(47)81)90-46-24(2)87-54(44(80)40(46)76)92-48-36(72)30(69)20-84-56(48)94-57(82)63-13-11-58(3,4)15-26(63)25-9-10-33-59(5)16-28(67)50(93-55-43(79)39(75)37(73)31(18-64)88-55)60(6,22-65)49(59)27(66)17-62(33,8)61(25,7)12-14-63/h9,23-24,26-56,64-81H,10-22H2,1-8H3/t23-,24-,26-,27+,28-,29+,30+,31+,32+,33+,34-,35-,36-,37+,38+,39-,40-,41+,42+,43+,44+,45+,46-,47-,48+,49+,50-,51-,52-,53-,54-,55-,56-,59+,60-,61+,62+,63-/m0/s1. The summed E-state index contributed by atoms with van der Waals surface area (Å²) in [4.78, 5) is 15.5. The number of rotatable bonds is 14. The third-order valence-corrected chi connectivity index (χ3v) is 24.4. The highest BCUT2D eigenvalue weighted by atomic mass is 16.8. The molecule has 0 radical (unpaired) electrons. The van der Waals surface area contributed by atoms with Crippen LogP contribution in [0.15, 0.2) is 11.6 Å². The molecule has 18 N–H and O–H groups in total. The van der Waals surface area contributed by atoms with Crippen molar-refractivity contribution in [1.29, 1.82) is 0 Å². The van der Waals surface area contributed by atoms with E-state index in [0.29, 0.717) is 38.5 Å². The molecule has 38 atom stereocenters. The molecule has 0 aromatic rings. The molecule has 0 amide bonds. The van der Waals surface area contributed by atoms with Crippen molar-refractivity contribution in [2.45, 2.75) is 291 Å². The van der Waals surface area contributed by atoms with E-state index in [-0.39, 0.29) is 24.2 Å². The van der Waals surface area contributed by atoms with Gasteiger partial charge in [-0.3, -0.25) is 4.79 Å². The van der Waals surface area contributed by atoms with E-state index in [0.717, 1.165) is 5.57 Å². The van der Waals surface area contributed by atoms with Crippen LogP contribution >= 0.6 is 0 Å². The van der Waals surface area contributed by atoms with Crippen molar-refractivity contribution in [3.8, 4) is 0 Å². The summed E-state index contributed by atoms with van der Waals surface area (Å²) in [7, 11) is 0. The Morgan fingerprint density at radius 2 is 1.05 bits per heavy atom. The van der Waals surface area contributed by atoms with Crippen molar-refractivity contribution < 1.29 is 154 Å². The molecule has 10 fully saturated rings. The SMILES string of the molecule is C[C@@H]1O[C@@H](O[C@@H]2[C@@H](O)[C@H](O[C@@H]3[C@@H](O)[C@@H](O)[C@H](O[C@H]4[C@H](OC(=O)[C@]56CCC(C)(C)C[C@H]5C5=CC[C@@H]7[C@@]8(C)C[C@H](O)[C@H](O[C@@H]9O[C@H](CO)[C@@H](O)[C@H](O)[C@H]9O)[C@@](C)(CO)[C@@H]8[C@H](O)C[C@@]7(C)[C@]5(C)CC6)OC[C@@H](O)[C@@H]4O)O[C@H]3C)OC[C@H]2O[C@@H]2OC[C@@H](O)[C@H](O)[C@H]2O)[C@H](O)[C@H](O)[C@H]1O. The van der Waals surface area contributed by atoms with Gasteiger partial charge in [-0.1, -0.05) is 53.2 Å². The molecule has 4 saturated carbocycles. The molecule has 540 valence electrons. The largest absolute Gasteiger partial charge is 0.432 e. The second-order valence-electron chi connectivity index (χ2n) is 30.7. The number of esters is 1. The Hall–Kier alpha value is -1.95. The maximum atomic E-state index is 15.5.